The lowest BCUT2D eigenvalue weighted by atomic mass is 9.86. The highest BCUT2D eigenvalue weighted by Crippen LogP contribution is 2.41. The zero-order valence-corrected chi connectivity index (χ0v) is 21.1. The van der Waals surface area contributed by atoms with Crippen molar-refractivity contribution in [2.75, 3.05) is 20.3 Å². The van der Waals surface area contributed by atoms with Crippen LogP contribution in [0, 0.1) is 19.8 Å². The molecule has 1 atom stereocenters. The molecule has 6 rings (SSSR count). The monoisotopic (exact) mass is 496 g/mol. The molecular formula is C29H28N4O4. The van der Waals surface area contributed by atoms with E-state index in [1.165, 1.54) is 12.7 Å². The Morgan fingerprint density at radius 1 is 1.03 bits per heavy atom. The summed E-state index contributed by atoms with van der Waals surface area (Å²) in [5.41, 5.74) is 7.62. The highest BCUT2D eigenvalue weighted by Gasteiger charge is 2.31. The van der Waals surface area contributed by atoms with Crippen molar-refractivity contribution in [2.45, 2.75) is 32.7 Å². The summed E-state index contributed by atoms with van der Waals surface area (Å²) in [6.45, 7) is 5.29. The molecule has 1 aliphatic heterocycles. The lowest BCUT2D eigenvalue weighted by Gasteiger charge is -2.33. The van der Waals surface area contributed by atoms with E-state index in [1.807, 2.05) is 32.2 Å². The number of hydrogen-bond acceptors (Lipinski definition) is 7. The molecule has 1 aromatic carbocycles. The molecule has 0 spiro atoms. The van der Waals surface area contributed by atoms with Crippen LogP contribution in [0.1, 0.15) is 46.3 Å². The average Bonchev–Trinajstić information content (AvgIpc) is 3.45. The van der Waals surface area contributed by atoms with E-state index in [1.54, 1.807) is 6.20 Å². The Labute approximate surface area is 214 Å². The fourth-order valence-electron chi connectivity index (χ4n) is 5.64. The van der Waals surface area contributed by atoms with Crippen LogP contribution in [-0.2, 0) is 9.47 Å². The first-order chi connectivity index (χ1) is 18.1. The van der Waals surface area contributed by atoms with Crippen LogP contribution < -0.4 is 0 Å². The molecule has 37 heavy (non-hydrogen) atoms. The number of carbonyl (C=O) groups excluding carboxylic acids is 1. The minimum atomic E-state index is -0.419. The van der Waals surface area contributed by atoms with Gasteiger partial charge in [-0.1, -0.05) is 35.5 Å². The maximum atomic E-state index is 12.5. The fraction of sp³-hybridized carbons (Fsp3) is 0.310. The summed E-state index contributed by atoms with van der Waals surface area (Å²) in [4.78, 5) is 22.1. The van der Waals surface area contributed by atoms with E-state index < -0.39 is 5.97 Å². The SMILES string of the molecule is COC(=O)c1cnc2c3ncc(-c4c(C)noc4C)cc3n(C(c3ccccc3)C3CCOCC3)c2c1. The van der Waals surface area contributed by atoms with Gasteiger partial charge in [-0.15, -0.1) is 0 Å². The first-order valence-electron chi connectivity index (χ1n) is 12.5. The molecule has 1 fully saturated rings. The third-order valence-corrected chi connectivity index (χ3v) is 7.35. The van der Waals surface area contributed by atoms with Crippen molar-refractivity contribution in [1.29, 1.82) is 0 Å². The van der Waals surface area contributed by atoms with Crippen LogP contribution in [0.5, 0.6) is 0 Å². The van der Waals surface area contributed by atoms with Crippen LogP contribution in [0.25, 0.3) is 33.2 Å². The van der Waals surface area contributed by atoms with E-state index in [9.17, 15) is 4.79 Å². The number of methoxy groups -OCH3 is 1. The molecule has 0 amide bonds. The van der Waals surface area contributed by atoms with Gasteiger partial charge in [-0.3, -0.25) is 9.97 Å². The van der Waals surface area contributed by atoms with Crippen LogP contribution in [0.4, 0.5) is 0 Å². The zero-order valence-electron chi connectivity index (χ0n) is 21.1. The van der Waals surface area contributed by atoms with Gasteiger partial charge in [0.1, 0.15) is 16.8 Å². The second-order valence-electron chi connectivity index (χ2n) is 9.55. The smallest absolute Gasteiger partial charge is 0.339 e. The number of hydrogen-bond donors (Lipinski definition) is 0. The molecule has 0 saturated carbocycles. The van der Waals surface area contributed by atoms with Gasteiger partial charge in [0.05, 0.1) is 35.4 Å². The number of aromatic nitrogens is 4. The minimum Gasteiger partial charge on any atom is -0.465 e. The third kappa shape index (κ3) is 3.97. The molecule has 8 nitrogen and oxygen atoms in total. The topological polar surface area (TPSA) is 92.3 Å². The van der Waals surface area contributed by atoms with Gasteiger partial charge in [-0.2, -0.15) is 0 Å². The van der Waals surface area contributed by atoms with Gasteiger partial charge < -0.3 is 18.6 Å². The normalized spacial score (nSPS) is 15.3. The molecule has 5 heterocycles. The summed E-state index contributed by atoms with van der Waals surface area (Å²) < 4.78 is 18.5. The van der Waals surface area contributed by atoms with Crippen LogP contribution >= 0.6 is 0 Å². The number of fused-ring (bicyclic) bond motifs is 3. The second kappa shape index (κ2) is 9.44. The fourth-order valence-corrected chi connectivity index (χ4v) is 5.64. The highest BCUT2D eigenvalue weighted by atomic mass is 16.5. The minimum absolute atomic E-state index is 0.00140. The summed E-state index contributed by atoms with van der Waals surface area (Å²) >= 11 is 0. The van der Waals surface area contributed by atoms with Crippen LogP contribution in [0.15, 0.2) is 59.4 Å². The van der Waals surface area contributed by atoms with Gasteiger partial charge in [0.2, 0.25) is 0 Å². The Balaban J connectivity index is 1.68. The van der Waals surface area contributed by atoms with Crippen molar-refractivity contribution in [3.05, 3.63) is 77.4 Å². The van der Waals surface area contributed by atoms with E-state index in [4.69, 9.17) is 24.0 Å². The summed E-state index contributed by atoms with van der Waals surface area (Å²) in [5, 5.41) is 4.15. The number of rotatable bonds is 5. The third-order valence-electron chi connectivity index (χ3n) is 7.35. The molecule has 0 N–H and O–H groups in total. The molecule has 188 valence electrons. The maximum absolute atomic E-state index is 12.5. The Hall–Kier alpha value is -4.04. The highest BCUT2D eigenvalue weighted by molar-refractivity contribution is 6.06. The second-order valence-corrected chi connectivity index (χ2v) is 9.55. The summed E-state index contributed by atoms with van der Waals surface area (Å²) in [6, 6.07) is 14.5. The van der Waals surface area contributed by atoms with E-state index >= 15 is 0 Å². The molecule has 0 bridgehead atoms. The van der Waals surface area contributed by atoms with E-state index in [0.717, 1.165) is 70.7 Å². The summed E-state index contributed by atoms with van der Waals surface area (Å²) in [7, 11) is 1.38. The molecule has 0 aliphatic carbocycles. The lowest BCUT2D eigenvalue weighted by Crippen LogP contribution is -2.27. The Morgan fingerprint density at radius 2 is 1.73 bits per heavy atom. The first-order valence-corrected chi connectivity index (χ1v) is 12.5. The van der Waals surface area contributed by atoms with Gasteiger partial charge in [-0.25, -0.2) is 4.79 Å². The molecule has 1 unspecified atom stereocenters. The molecule has 1 saturated heterocycles. The van der Waals surface area contributed by atoms with E-state index in [2.05, 4.69) is 40.1 Å². The van der Waals surface area contributed by atoms with Crippen LogP contribution in [-0.4, -0.2) is 46.0 Å². The number of esters is 1. The van der Waals surface area contributed by atoms with Crippen LogP contribution in [0.3, 0.4) is 0 Å². The Kier molecular flexibility index (Phi) is 5.96. The van der Waals surface area contributed by atoms with Crippen molar-refractivity contribution < 1.29 is 18.8 Å². The van der Waals surface area contributed by atoms with Gasteiger partial charge in [0.15, 0.2) is 0 Å². The maximum Gasteiger partial charge on any atom is 0.339 e. The number of nitrogens with zero attached hydrogens (tertiary/aromatic N) is 4. The molecule has 0 radical (unpaired) electrons. The van der Waals surface area contributed by atoms with Crippen molar-refractivity contribution in [3.8, 4) is 11.1 Å². The van der Waals surface area contributed by atoms with E-state index in [0.29, 0.717) is 11.5 Å². The standard InChI is InChI=1S/C29H28N4O4/c1-17-25(18(2)37-32-17)21-13-23-26(30-15-21)27-24(14-22(16-31-27)29(34)35-3)33(23)28(19-7-5-4-6-8-19)20-9-11-36-12-10-20/h4-8,13-16,20,28H,9-12H2,1-3H3. The Bertz CT molecular complexity index is 1580. The molecule has 5 aromatic rings. The predicted octanol–water partition coefficient (Wildman–Crippen LogP) is 5.66. The number of carbonyl (C=O) groups is 1. The van der Waals surface area contributed by atoms with Crippen LogP contribution in [0.2, 0.25) is 0 Å². The molecule has 1 aliphatic rings. The first kappa shape index (κ1) is 23.4. The number of benzene rings is 1. The van der Waals surface area contributed by atoms with E-state index in [-0.39, 0.29) is 6.04 Å². The number of ether oxygens (including phenoxy) is 2. The molecule has 8 heteroatoms. The summed E-state index contributed by atoms with van der Waals surface area (Å²) in [5.74, 6) is 0.661. The number of pyridine rings is 2. The van der Waals surface area contributed by atoms with Crippen molar-refractivity contribution in [2.24, 2.45) is 5.92 Å². The van der Waals surface area contributed by atoms with Crippen molar-refractivity contribution in [3.63, 3.8) is 0 Å². The van der Waals surface area contributed by atoms with Crippen molar-refractivity contribution >= 4 is 28.0 Å². The summed E-state index contributed by atoms with van der Waals surface area (Å²) in [6.07, 6.45) is 5.28. The quantitative estimate of drug-likeness (QED) is 0.290. The van der Waals surface area contributed by atoms with Crippen molar-refractivity contribution in [1.82, 2.24) is 19.7 Å². The molecular weight excluding hydrogens is 468 g/mol. The van der Waals surface area contributed by atoms with Gasteiger partial charge >= 0.3 is 5.97 Å². The predicted molar refractivity (Wildman–Crippen MR) is 139 cm³/mol. The van der Waals surface area contributed by atoms with Gasteiger partial charge in [-0.05, 0) is 50.3 Å². The van der Waals surface area contributed by atoms with Gasteiger partial charge in [0, 0.05) is 36.7 Å². The number of aryl methyl sites for hydroxylation is 2. The molecule has 4 aromatic heterocycles. The zero-order chi connectivity index (χ0) is 25.5. The average molecular weight is 497 g/mol. The lowest BCUT2D eigenvalue weighted by molar-refractivity contribution is 0.0553. The largest absolute Gasteiger partial charge is 0.465 e. The Morgan fingerprint density at radius 3 is 2.41 bits per heavy atom. The van der Waals surface area contributed by atoms with Gasteiger partial charge in [0.25, 0.3) is 0 Å².